The first-order valence-corrected chi connectivity index (χ1v) is 5.16. The van der Waals surface area contributed by atoms with Gasteiger partial charge in [-0.3, -0.25) is 0 Å². The number of benzene rings is 1. The molecule has 0 spiro atoms. The Kier molecular flexibility index (Phi) is 2.80. The third-order valence-electron chi connectivity index (χ3n) is 2.20. The SMILES string of the molecule is CC(N)c1ccc(-c2ccc(Cl)cc2)o1. The van der Waals surface area contributed by atoms with Gasteiger partial charge in [0.05, 0.1) is 6.04 Å². The Balaban J connectivity index is 2.33. The molecule has 0 aliphatic carbocycles. The molecule has 15 heavy (non-hydrogen) atoms. The van der Waals surface area contributed by atoms with Crippen LogP contribution in [0.4, 0.5) is 0 Å². The first-order valence-electron chi connectivity index (χ1n) is 4.78. The second-order valence-electron chi connectivity index (χ2n) is 3.50. The van der Waals surface area contributed by atoms with E-state index in [2.05, 4.69) is 0 Å². The Hall–Kier alpha value is -1.25. The summed E-state index contributed by atoms with van der Waals surface area (Å²) < 4.78 is 5.60. The summed E-state index contributed by atoms with van der Waals surface area (Å²) >= 11 is 5.80. The molecule has 0 saturated carbocycles. The minimum Gasteiger partial charge on any atom is -0.459 e. The molecule has 0 radical (unpaired) electrons. The van der Waals surface area contributed by atoms with E-state index in [1.54, 1.807) is 0 Å². The van der Waals surface area contributed by atoms with Crippen LogP contribution in [0.3, 0.4) is 0 Å². The maximum absolute atomic E-state index is 5.80. The second-order valence-corrected chi connectivity index (χ2v) is 3.93. The zero-order valence-corrected chi connectivity index (χ0v) is 9.16. The van der Waals surface area contributed by atoms with Crippen molar-refractivity contribution in [1.29, 1.82) is 0 Å². The molecule has 2 N–H and O–H groups in total. The van der Waals surface area contributed by atoms with Crippen LogP contribution in [0.15, 0.2) is 40.8 Å². The summed E-state index contributed by atoms with van der Waals surface area (Å²) in [5.41, 5.74) is 6.72. The van der Waals surface area contributed by atoms with Crippen LogP contribution in [-0.4, -0.2) is 0 Å². The van der Waals surface area contributed by atoms with E-state index in [1.807, 2.05) is 43.3 Å². The number of halogens is 1. The largest absolute Gasteiger partial charge is 0.459 e. The van der Waals surface area contributed by atoms with E-state index >= 15 is 0 Å². The van der Waals surface area contributed by atoms with E-state index in [9.17, 15) is 0 Å². The van der Waals surface area contributed by atoms with Crippen LogP contribution < -0.4 is 5.73 Å². The van der Waals surface area contributed by atoms with Crippen molar-refractivity contribution in [2.24, 2.45) is 5.73 Å². The lowest BCUT2D eigenvalue weighted by Crippen LogP contribution is -2.02. The standard InChI is InChI=1S/C12H12ClNO/c1-8(14)11-6-7-12(15-11)9-2-4-10(13)5-3-9/h2-8H,14H2,1H3. The van der Waals surface area contributed by atoms with E-state index in [-0.39, 0.29) is 6.04 Å². The van der Waals surface area contributed by atoms with Gasteiger partial charge in [0.1, 0.15) is 11.5 Å². The minimum absolute atomic E-state index is 0.0777. The highest BCUT2D eigenvalue weighted by Crippen LogP contribution is 2.25. The Morgan fingerprint density at radius 1 is 1.13 bits per heavy atom. The number of hydrogen-bond donors (Lipinski definition) is 1. The molecule has 1 aromatic carbocycles. The van der Waals surface area contributed by atoms with Crippen LogP contribution in [0.1, 0.15) is 18.7 Å². The summed E-state index contributed by atoms with van der Waals surface area (Å²) in [6.07, 6.45) is 0. The van der Waals surface area contributed by atoms with Gasteiger partial charge in [-0.25, -0.2) is 0 Å². The van der Waals surface area contributed by atoms with Crippen LogP contribution in [0.2, 0.25) is 5.02 Å². The maximum atomic E-state index is 5.80. The van der Waals surface area contributed by atoms with Crippen molar-refractivity contribution in [2.45, 2.75) is 13.0 Å². The molecule has 0 aliphatic rings. The fourth-order valence-electron chi connectivity index (χ4n) is 1.37. The van der Waals surface area contributed by atoms with Gasteiger partial charge in [-0.15, -0.1) is 0 Å². The van der Waals surface area contributed by atoms with Gasteiger partial charge in [-0.1, -0.05) is 11.6 Å². The van der Waals surface area contributed by atoms with E-state index in [4.69, 9.17) is 21.8 Å². The first kappa shape index (κ1) is 10.3. The molecule has 1 aromatic heterocycles. The van der Waals surface area contributed by atoms with Gasteiger partial charge in [-0.05, 0) is 43.3 Å². The van der Waals surface area contributed by atoms with E-state index in [0.29, 0.717) is 0 Å². The lowest BCUT2D eigenvalue weighted by atomic mass is 10.2. The van der Waals surface area contributed by atoms with Gasteiger partial charge in [0.2, 0.25) is 0 Å². The number of nitrogens with two attached hydrogens (primary N) is 1. The van der Waals surface area contributed by atoms with Crippen LogP contribution in [0.25, 0.3) is 11.3 Å². The van der Waals surface area contributed by atoms with E-state index in [0.717, 1.165) is 22.1 Å². The summed E-state index contributed by atoms with van der Waals surface area (Å²) in [4.78, 5) is 0. The second kappa shape index (κ2) is 4.09. The van der Waals surface area contributed by atoms with Crippen LogP contribution in [0.5, 0.6) is 0 Å². The molecule has 2 nitrogen and oxygen atoms in total. The molecule has 78 valence electrons. The highest BCUT2D eigenvalue weighted by molar-refractivity contribution is 6.30. The monoisotopic (exact) mass is 221 g/mol. The van der Waals surface area contributed by atoms with Crippen molar-refractivity contribution < 1.29 is 4.42 Å². The van der Waals surface area contributed by atoms with Gasteiger partial charge in [0.15, 0.2) is 0 Å². The Bertz CT molecular complexity index is 445. The van der Waals surface area contributed by atoms with Gasteiger partial charge >= 0.3 is 0 Å². The number of furan rings is 1. The van der Waals surface area contributed by atoms with Crippen molar-refractivity contribution in [3.8, 4) is 11.3 Å². The Morgan fingerprint density at radius 3 is 2.33 bits per heavy atom. The van der Waals surface area contributed by atoms with Crippen molar-refractivity contribution in [1.82, 2.24) is 0 Å². The van der Waals surface area contributed by atoms with E-state index in [1.165, 1.54) is 0 Å². The third-order valence-corrected chi connectivity index (χ3v) is 2.46. The zero-order valence-electron chi connectivity index (χ0n) is 8.41. The fraction of sp³-hybridized carbons (Fsp3) is 0.167. The number of rotatable bonds is 2. The maximum Gasteiger partial charge on any atom is 0.134 e. The molecule has 1 unspecified atom stereocenters. The lowest BCUT2D eigenvalue weighted by Gasteiger charge is -2.00. The molecule has 0 bridgehead atoms. The normalized spacial score (nSPS) is 12.7. The molecule has 0 fully saturated rings. The molecular weight excluding hydrogens is 210 g/mol. The van der Waals surface area contributed by atoms with Crippen molar-refractivity contribution in [3.05, 3.63) is 47.2 Å². The molecular formula is C12H12ClNO. The average Bonchev–Trinajstić information content (AvgIpc) is 2.68. The highest BCUT2D eigenvalue weighted by Gasteiger charge is 2.07. The summed E-state index contributed by atoms with van der Waals surface area (Å²) in [7, 11) is 0. The van der Waals surface area contributed by atoms with Crippen LogP contribution >= 0.6 is 11.6 Å². The number of hydrogen-bond acceptors (Lipinski definition) is 2. The molecule has 1 atom stereocenters. The topological polar surface area (TPSA) is 39.2 Å². The summed E-state index contributed by atoms with van der Waals surface area (Å²) in [6.45, 7) is 1.89. The molecule has 2 aromatic rings. The predicted molar refractivity (Wildman–Crippen MR) is 61.8 cm³/mol. The average molecular weight is 222 g/mol. The van der Waals surface area contributed by atoms with Gasteiger partial charge < -0.3 is 10.2 Å². The molecule has 1 heterocycles. The Morgan fingerprint density at radius 2 is 1.80 bits per heavy atom. The predicted octanol–water partition coefficient (Wildman–Crippen LogP) is 3.62. The summed E-state index contributed by atoms with van der Waals surface area (Å²) in [5.74, 6) is 1.61. The lowest BCUT2D eigenvalue weighted by molar-refractivity contribution is 0.491. The van der Waals surface area contributed by atoms with Crippen molar-refractivity contribution >= 4 is 11.6 Å². The van der Waals surface area contributed by atoms with Crippen LogP contribution in [-0.2, 0) is 0 Å². The van der Waals surface area contributed by atoms with Crippen molar-refractivity contribution in [2.75, 3.05) is 0 Å². The molecule has 0 saturated heterocycles. The van der Waals surface area contributed by atoms with Crippen LogP contribution in [0, 0.1) is 0 Å². The van der Waals surface area contributed by atoms with Crippen molar-refractivity contribution in [3.63, 3.8) is 0 Å². The molecule has 0 amide bonds. The van der Waals surface area contributed by atoms with Gasteiger partial charge in [0, 0.05) is 10.6 Å². The fourth-order valence-corrected chi connectivity index (χ4v) is 1.49. The smallest absolute Gasteiger partial charge is 0.134 e. The van der Waals surface area contributed by atoms with E-state index < -0.39 is 0 Å². The molecule has 3 heteroatoms. The Labute approximate surface area is 93.7 Å². The highest BCUT2D eigenvalue weighted by atomic mass is 35.5. The van der Waals surface area contributed by atoms with Gasteiger partial charge in [0.25, 0.3) is 0 Å². The minimum atomic E-state index is -0.0777. The zero-order chi connectivity index (χ0) is 10.8. The van der Waals surface area contributed by atoms with Gasteiger partial charge in [-0.2, -0.15) is 0 Å². The molecule has 0 aliphatic heterocycles. The first-order chi connectivity index (χ1) is 7.16. The molecule has 2 rings (SSSR count). The third kappa shape index (κ3) is 2.22. The quantitative estimate of drug-likeness (QED) is 0.841. The summed E-state index contributed by atoms with van der Waals surface area (Å²) in [6, 6.07) is 11.3. The summed E-state index contributed by atoms with van der Waals surface area (Å²) in [5, 5.41) is 0.720.